The lowest BCUT2D eigenvalue weighted by Gasteiger charge is -2.56. The Kier molecular flexibility index (Phi) is 6.08. The summed E-state index contributed by atoms with van der Waals surface area (Å²) in [6.45, 7) is 2.25. The Balaban J connectivity index is 0.00000225. The summed E-state index contributed by atoms with van der Waals surface area (Å²) in [7, 11) is 0. The number of hydrogen-bond acceptors (Lipinski definition) is 3. The lowest BCUT2D eigenvalue weighted by molar-refractivity contribution is -0.116. The van der Waals surface area contributed by atoms with E-state index in [1.807, 2.05) is 13.0 Å². The Morgan fingerprint density at radius 2 is 1.71 bits per heavy atom. The highest BCUT2D eigenvalue weighted by Gasteiger charge is 2.51. The standard InChI is InChI=1S/C21H30N4O2.ClH/c1-13-2-3-17(22)9-18(13)24-19(26)4-5-23-20(27)25-21-10-14-6-15(11-21)8-16(7-14)12-21;/h2-3,9,14-16H,4-8,10-12,22H2,1H3,(H,24,26)(H2,23,25,27);1H. The zero-order chi connectivity index (χ0) is 19.0. The number of rotatable bonds is 5. The van der Waals surface area contributed by atoms with E-state index in [0.29, 0.717) is 12.2 Å². The molecule has 0 atom stereocenters. The second kappa shape index (κ2) is 8.19. The molecule has 5 N–H and O–H groups in total. The number of halogens is 1. The molecule has 0 saturated heterocycles. The Morgan fingerprint density at radius 3 is 2.32 bits per heavy atom. The van der Waals surface area contributed by atoms with E-state index in [2.05, 4.69) is 16.0 Å². The third-order valence-corrected chi connectivity index (χ3v) is 6.59. The van der Waals surface area contributed by atoms with Crippen molar-refractivity contribution in [2.24, 2.45) is 17.8 Å². The van der Waals surface area contributed by atoms with Crippen LogP contribution in [0.4, 0.5) is 16.2 Å². The van der Waals surface area contributed by atoms with Crippen LogP contribution in [-0.2, 0) is 4.79 Å². The van der Waals surface area contributed by atoms with Gasteiger partial charge in [-0.2, -0.15) is 0 Å². The van der Waals surface area contributed by atoms with Gasteiger partial charge in [0.05, 0.1) is 0 Å². The maximum absolute atomic E-state index is 12.4. The fourth-order valence-corrected chi connectivity index (χ4v) is 5.83. The first-order chi connectivity index (χ1) is 12.9. The van der Waals surface area contributed by atoms with Crippen molar-refractivity contribution in [2.75, 3.05) is 17.6 Å². The van der Waals surface area contributed by atoms with Crippen LogP contribution in [0.15, 0.2) is 18.2 Å². The molecule has 0 unspecified atom stereocenters. The molecule has 0 radical (unpaired) electrons. The van der Waals surface area contributed by atoms with Gasteiger partial charge in [-0.25, -0.2) is 4.79 Å². The summed E-state index contributed by atoms with van der Waals surface area (Å²) in [6.07, 6.45) is 7.68. The summed E-state index contributed by atoms with van der Waals surface area (Å²) in [5.41, 5.74) is 8.07. The predicted molar refractivity (Wildman–Crippen MR) is 114 cm³/mol. The summed E-state index contributed by atoms with van der Waals surface area (Å²) in [4.78, 5) is 24.5. The fraction of sp³-hybridized carbons (Fsp3) is 0.619. The molecule has 1 aromatic rings. The molecule has 0 heterocycles. The van der Waals surface area contributed by atoms with E-state index in [0.717, 1.165) is 48.3 Å². The molecule has 6 nitrogen and oxygen atoms in total. The molecule has 1 aromatic carbocycles. The molecular weight excluding hydrogens is 376 g/mol. The molecule has 28 heavy (non-hydrogen) atoms. The SMILES string of the molecule is Cc1ccc(N)cc1NC(=O)CCNC(=O)NC12CC3CC(CC(C3)C1)C2.Cl. The highest BCUT2D eigenvalue weighted by molar-refractivity contribution is 5.92. The molecule has 4 aliphatic rings. The van der Waals surface area contributed by atoms with Crippen LogP contribution in [0.1, 0.15) is 50.5 Å². The normalized spacial score (nSPS) is 29.7. The van der Waals surface area contributed by atoms with Crippen molar-refractivity contribution in [1.29, 1.82) is 0 Å². The average molecular weight is 407 g/mol. The van der Waals surface area contributed by atoms with Crippen molar-refractivity contribution >= 4 is 35.7 Å². The summed E-state index contributed by atoms with van der Waals surface area (Å²) in [5.74, 6) is 2.26. The Labute approximate surface area is 172 Å². The molecule has 0 aromatic heterocycles. The summed E-state index contributed by atoms with van der Waals surface area (Å²) >= 11 is 0. The highest BCUT2D eigenvalue weighted by Crippen LogP contribution is 2.55. The van der Waals surface area contributed by atoms with Gasteiger partial charge >= 0.3 is 6.03 Å². The fourth-order valence-electron chi connectivity index (χ4n) is 5.83. The monoisotopic (exact) mass is 406 g/mol. The van der Waals surface area contributed by atoms with Gasteiger partial charge in [0.1, 0.15) is 0 Å². The first-order valence-electron chi connectivity index (χ1n) is 10.1. The van der Waals surface area contributed by atoms with Gasteiger partial charge < -0.3 is 21.7 Å². The zero-order valence-corrected chi connectivity index (χ0v) is 17.2. The third kappa shape index (κ3) is 4.54. The van der Waals surface area contributed by atoms with E-state index < -0.39 is 0 Å². The molecule has 5 rings (SSSR count). The van der Waals surface area contributed by atoms with Gasteiger partial charge in [0.15, 0.2) is 0 Å². The van der Waals surface area contributed by atoms with Gasteiger partial charge in [0.25, 0.3) is 0 Å². The van der Waals surface area contributed by atoms with E-state index >= 15 is 0 Å². The first kappa shape index (κ1) is 20.8. The van der Waals surface area contributed by atoms with E-state index in [1.165, 1.54) is 19.3 Å². The van der Waals surface area contributed by atoms with Gasteiger partial charge in [-0.3, -0.25) is 4.79 Å². The van der Waals surface area contributed by atoms with Crippen molar-refractivity contribution in [1.82, 2.24) is 10.6 Å². The number of hydrogen-bond donors (Lipinski definition) is 4. The molecule has 4 saturated carbocycles. The minimum atomic E-state index is -0.134. The maximum atomic E-state index is 12.4. The number of benzene rings is 1. The second-order valence-electron chi connectivity index (χ2n) is 8.95. The summed E-state index contributed by atoms with van der Waals surface area (Å²) in [5, 5.41) is 8.99. The van der Waals surface area contributed by atoms with E-state index in [4.69, 9.17) is 5.73 Å². The van der Waals surface area contributed by atoms with Crippen LogP contribution >= 0.6 is 12.4 Å². The van der Waals surface area contributed by atoms with Crippen LogP contribution in [0.3, 0.4) is 0 Å². The van der Waals surface area contributed by atoms with Crippen LogP contribution in [0, 0.1) is 24.7 Å². The number of amides is 3. The Morgan fingerprint density at radius 1 is 1.11 bits per heavy atom. The number of nitrogens with one attached hydrogen (secondary N) is 3. The number of carbonyl (C=O) groups is 2. The zero-order valence-electron chi connectivity index (χ0n) is 16.4. The molecule has 7 heteroatoms. The van der Waals surface area contributed by atoms with Gasteiger partial charge in [-0.05, 0) is 80.9 Å². The molecular formula is C21H31ClN4O2. The van der Waals surface area contributed by atoms with Crippen LogP contribution < -0.4 is 21.7 Å². The topological polar surface area (TPSA) is 96.2 Å². The van der Waals surface area contributed by atoms with E-state index in [9.17, 15) is 9.59 Å². The number of urea groups is 1. The summed E-state index contributed by atoms with van der Waals surface area (Å²) < 4.78 is 0. The lowest BCUT2D eigenvalue weighted by Crippen LogP contribution is -2.61. The van der Waals surface area contributed by atoms with Gasteiger partial charge in [-0.1, -0.05) is 6.07 Å². The first-order valence-corrected chi connectivity index (χ1v) is 10.1. The van der Waals surface area contributed by atoms with Crippen LogP contribution in [0.5, 0.6) is 0 Å². The minimum absolute atomic E-state index is 0. The van der Waals surface area contributed by atoms with E-state index in [1.54, 1.807) is 12.1 Å². The maximum Gasteiger partial charge on any atom is 0.315 e. The quantitative estimate of drug-likeness (QED) is 0.562. The number of anilines is 2. The Hall–Kier alpha value is -1.95. The lowest BCUT2D eigenvalue weighted by atomic mass is 9.53. The van der Waals surface area contributed by atoms with Crippen LogP contribution in [0.25, 0.3) is 0 Å². The number of nitrogens with two attached hydrogens (primary N) is 1. The third-order valence-electron chi connectivity index (χ3n) is 6.59. The second-order valence-corrected chi connectivity index (χ2v) is 8.95. The molecule has 154 valence electrons. The Bertz CT molecular complexity index is 717. The average Bonchev–Trinajstić information content (AvgIpc) is 2.56. The smallest absolute Gasteiger partial charge is 0.315 e. The molecule has 3 amide bonds. The number of nitrogen functional groups attached to an aromatic ring is 1. The predicted octanol–water partition coefficient (Wildman–Crippen LogP) is 3.60. The van der Waals surface area contributed by atoms with Gasteiger partial charge in [0.2, 0.25) is 5.91 Å². The molecule has 0 spiro atoms. The van der Waals surface area contributed by atoms with Crippen LogP contribution in [-0.4, -0.2) is 24.0 Å². The number of aryl methyl sites for hydroxylation is 1. The minimum Gasteiger partial charge on any atom is -0.399 e. The van der Waals surface area contributed by atoms with Crippen molar-refractivity contribution in [3.05, 3.63) is 23.8 Å². The summed E-state index contributed by atoms with van der Waals surface area (Å²) in [6, 6.07) is 5.30. The molecule has 4 bridgehead atoms. The van der Waals surface area contributed by atoms with Crippen molar-refractivity contribution in [2.45, 2.75) is 57.4 Å². The molecule has 0 aliphatic heterocycles. The number of carbonyl (C=O) groups excluding carboxylic acids is 2. The largest absolute Gasteiger partial charge is 0.399 e. The molecule has 4 fully saturated rings. The van der Waals surface area contributed by atoms with E-state index in [-0.39, 0.29) is 36.3 Å². The molecule has 4 aliphatic carbocycles. The van der Waals surface area contributed by atoms with Crippen LogP contribution in [0.2, 0.25) is 0 Å². The van der Waals surface area contributed by atoms with Crippen molar-refractivity contribution in [3.63, 3.8) is 0 Å². The van der Waals surface area contributed by atoms with Crippen molar-refractivity contribution < 1.29 is 9.59 Å². The highest BCUT2D eigenvalue weighted by atomic mass is 35.5. The van der Waals surface area contributed by atoms with Gasteiger partial charge in [-0.15, -0.1) is 12.4 Å². The van der Waals surface area contributed by atoms with Crippen molar-refractivity contribution in [3.8, 4) is 0 Å². The van der Waals surface area contributed by atoms with Gasteiger partial charge in [0, 0.05) is 29.9 Å².